The van der Waals surface area contributed by atoms with Crippen molar-refractivity contribution in [2.45, 2.75) is 46.1 Å². The number of nitrogens with zero attached hydrogens (tertiary/aromatic N) is 2. The van der Waals surface area contributed by atoms with Crippen molar-refractivity contribution >= 4 is 29.3 Å². The maximum Gasteiger partial charge on any atom is 0.325 e. The van der Waals surface area contributed by atoms with Gasteiger partial charge < -0.3 is 20.5 Å². The van der Waals surface area contributed by atoms with Crippen molar-refractivity contribution in [2.24, 2.45) is 0 Å². The Balaban J connectivity index is 2.49. The van der Waals surface area contributed by atoms with Crippen LogP contribution in [0.4, 0.5) is 5.82 Å². The highest BCUT2D eigenvalue weighted by Gasteiger charge is 2.27. The third-order valence-corrected chi connectivity index (χ3v) is 4.03. The SMILES string of the molecule is CCOC(=O)CNc1c(C(C)(C)C)nc2c(C(=O)NC(C)C(=O)O)cccn12. The van der Waals surface area contributed by atoms with E-state index in [0.717, 1.165) is 0 Å². The number of nitrogens with one attached hydrogen (secondary N) is 2. The monoisotopic (exact) mass is 390 g/mol. The number of carboxylic acids is 1. The smallest absolute Gasteiger partial charge is 0.325 e. The molecule has 2 aromatic heterocycles. The first kappa shape index (κ1) is 21.2. The van der Waals surface area contributed by atoms with Crippen LogP contribution in [-0.2, 0) is 19.7 Å². The molecule has 2 rings (SSSR count). The Bertz CT molecular complexity index is 898. The van der Waals surface area contributed by atoms with Gasteiger partial charge in [0, 0.05) is 11.6 Å². The molecule has 0 radical (unpaired) electrons. The summed E-state index contributed by atoms with van der Waals surface area (Å²) in [4.78, 5) is 40.0. The van der Waals surface area contributed by atoms with Gasteiger partial charge in [0.1, 0.15) is 18.4 Å². The number of carbonyl (C=O) groups excluding carboxylic acids is 2. The van der Waals surface area contributed by atoms with Crippen molar-refractivity contribution in [3.8, 4) is 0 Å². The second-order valence-corrected chi connectivity index (χ2v) is 7.37. The third kappa shape index (κ3) is 4.59. The van der Waals surface area contributed by atoms with E-state index in [9.17, 15) is 14.4 Å². The highest BCUT2D eigenvalue weighted by Crippen LogP contribution is 2.31. The molecule has 0 aromatic carbocycles. The van der Waals surface area contributed by atoms with Crippen molar-refractivity contribution in [1.29, 1.82) is 0 Å². The van der Waals surface area contributed by atoms with Gasteiger partial charge in [-0.15, -0.1) is 0 Å². The number of anilines is 1. The number of pyridine rings is 1. The second kappa shape index (κ2) is 8.28. The van der Waals surface area contributed by atoms with Crippen LogP contribution in [0.3, 0.4) is 0 Å². The van der Waals surface area contributed by atoms with Gasteiger partial charge >= 0.3 is 11.9 Å². The van der Waals surface area contributed by atoms with E-state index in [-0.39, 0.29) is 24.1 Å². The van der Waals surface area contributed by atoms with Crippen LogP contribution < -0.4 is 10.6 Å². The summed E-state index contributed by atoms with van der Waals surface area (Å²) in [7, 11) is 0. The molecule has 1 amide bonds. The number of carboxylic acid groups (broad SMARTS) is 1. The average molecular weight is 390 g/mol. The molecule has 0 fully saturated rings. The lowest BCUT2D eigenvalue weighted by atomic mass is 9.92. The molecule has 0 saturated heterocycles. The minimum atomic E-state index is -1.13. The lowest BCUT2D eigenvalue weighted by molar-refractivity contribution is -0.141. The van der Waals surface area contributed by atoms with Crippen molar-refractivity contribution in [2.75, 3.05) is 18.5 Å². The quantitative estimate of drug-likeness (QED) is 0.616. The standard InChI is InChI=1S/C19H26N4O5/c1-6-28-13(24)10-20-16-14(19(3,4)5)22-15-12(8-7-9-23(15)16)17(25)21-11(2)18(26)27/h7-9,11,20H,6,10H2,1-5H3,(H,21,25)(H,26,27). The Labute approximate surface area is 163 Å². The van der Waals surface area contributed by atoms with Crippen LogP contribution in [0.15, 0.2) is 18.3 Å². The lowest BCUT2D eigenvalue weighted by Gasteiger charge is -2.18. The van der Waals surface area contributed by atoms with Crippen LogP contribution in [0.1, 0.15) is 50.7 Å². The van der Waals surface area contributed by atoms with E-state index in [1.165, 1.54) is 6.92 Å². The number of hydrogen-bond donors (Lipinski definition) is 3. The number of rotatable bonds is 7. The second-order valence-electron chi connectivity index (χ2n) is 7.37. The maximum absolute atomic E-state index is 12.6. The summed E-state index contributed by atoms with van der Waals surface area (Å²) < 4.78 is 6.64. The molecule has 152 valence electrons. The summed E-state index contributed by atoms with van der Waals surface area (Å²) in [5, 5.41) is 14.5. The van der Waals surface area contributed by atoms with E-state index in [0.29, 0.717) is 17.2 Å². The van der Waals surface area contributed by atoms with Crippen molar-refractivity contribution in [1.82, 2.24) is 14.7 Å². The number of hydrogen-bond acceptors (Lipinski definition) is 6. The number of fused-ring (bicyclic) bond motifs is 1. The molecular formula is C19H26N4O5. The molecule has 9 nitrogen and oxygen atoms in total. The van der Waals surface area contributed by atoms with Gasteiger partial charge in [0.05, 0.1) is 17.9 Å². The number of imidazole rings is 1. The molecule has 2 heterocycles. The number of aliphatic carboxylic acids is 1. The van der Waals surface area contributed by atoms with Crippen LogP contribution in [0, 0.1) is 0 Å². The molecule has 28 heavy (non-hydrogen) atoms. The number of esters is 1. The summed E-state index contributed by atoms with van der Waals surface area (Å²) in [5.74, 6) is -1.49. The zero-order valence-corrected chi connectivity index (χ0v) is 16.7. The number of aromatic nitrogens is 2. The average Bonchev–Trinajstić information content (AvgIpc) is 2.99. The number of carbonyl (C=O) groups is 3. The molecular weight excluding hydrogens is 364 g/mol. The van der Waals surface area contributed by atoms with E-state index in [1.54, 1.807) is 29.7 Å². The zero-order valence-electron chi connectivity index (χ0n) is 16.7. The van der Waals surface area contributed by atoms with E-state index in [1.807, 2.05) is 20.8 Å². The molecule has 0 bridgehead atoms. The first-order valence-electron chi connectivity index (χ1n) is 9.01. The topological polar surface area (TPSA) is 122 Å². The normalized spacial score (nSPS) is 12.5. The highest BCUT2D eigenvalue weighted by molar-refractivity contribution is 6.01. The Hall–Kier alpha value is -3.10. The first-order chi connectivity index (χ1) is 13.1. The van der Waals surface area contributed by atoms with Crippen LogP contribution in [-0.4, -0.2) is 51.5 Å². The van der Waals surface area contributed by atoms with Crippen molar-refractivity contribution in [3.05, 3.63) is 29.6 Å². The van der Waals surface area contributed by atoms with Crippen LogP contribution in [0.2, 0.25) is 0 Å². The van der Waals surface area contributed by atoms with Gasteiger partial charge in [0.25, 0.3) is 5.91 Å². The van der Waals surface area contributed by atoms with Gasteiger partial charge in [-0.3, -0.25) is 18.8 Å². The Morgan fingerprint density at radius 2 is 2.00 bits per heavy atom. The third-order valence-electron chi connectivity index (χ3n) is 4.03. The Morgan fingerprint density at radius 3 is 2.57 bits per heavy atom. The first-order valence-corrected chi connectivity index (χ1v) is 9.01. The van der Waals surface area contributed by atoms with Crippen LogP contribution >= 0.6 is 0 Å². The predicted molar refractivity (Wildman–Crippen MR) is 104 cm³/mol. The molecule has 0 aliphatic rings. The van der Waals surface area contributed by atoms with Gasteiger partial charge in [0.15, 0.2) is 5.65 Å². The summed E-state index contributed by atoms with van der Waals surface area (Å²) in [6.07, 6.45) is 1.72. The summed E-state index contributed by atoms with van der Waals surface area (Å²) in [5.41, 5.74) is 0.910. The van der Waals surface area contributed by atoms with Gasteiger partial charge in [-0.05, 0) is 26.0 Å². The van der Waals surface area contributed by atoms with Crippen molar-refractivity contribution in [3.63, 3.8) is 0 Å². The molecule has 0 aliphatic heterocycles. The van der Waals surface area contributed by atoms with Gasteiger partial charge in [-0.1, -0.05) is 20.8 Å². The van der Waals surface area contributed by atoms with E-state index < -0.39 is 23.9 Å². The molecule has 1 atom stereocenters. The highest BCUT2D eigenvalue weighted by atomic mass is 16.5. The molecule has 0 aliphatic carbocycles. The summed E-state index contributed by atoms with van der Waals surface area (Å²) >= 11 is 0. The minimum absolute atomic E-state index is 0.0445. The van der Waals surface area contributed by atoms with Crippen LogP contribution in [0.25, 0.3) is 5.65 Å². The van der Waals surface area contributed by atoms with Gasteiger partial charge in [0.2, 0.25) is 0 Å². The molecule has 0 saturated carbocycles. The molecule has 9 heteroatoms. The molecule has 2 aromatic rings. The summed E-state index contributed by atoms with van der Waals surface area (Å²) in [6.45, 7) is 9.27. The molecule has 1 unspecified atom stereocenters. The van der Waals surface area contributed by atoms with E-state index in [4.69, 9.17) is 9.84 Å². The molecule has 0 spiro atoms. The fourth-order valence-electron chi connectivity index (χ4n) is 2.64. The van der Waals surface area contributed by atoms with E-state index in [2.05, 4.69) is 15.6 Å². The Kier molecular flexibility index (Phi) is 6.27. The number of amides is 1. The van der Waals surface area contributed by atoms with E-state index >= 15 is 0 Å². The Morgan fingerprint density at radius 1 is 1.32 bits per heavy atom. The van der Waals surface area contributed by atoms with Crippen molar-refractivity contribution < 1.29 is 24.2 Å². The lowest BCUT2D eigenvalue weighted by Crippen LogP contribution is -2.38. The molecule has 3 N–H and O–H groups in total. The largest absolute Gasteiger partial charge is 0.480 e. The zero-order chi connectivity index (χ0) is 21.1. The van der Waals surface area contributed by atoms with Gasteiger partial charge in [-0.25, -0.2) is 4.98 Å². The number of ether oxygens (including phenoxy) is 1. The minimum Gasteiger partial charge on any atom is -0.480 e. The fraction of sp³-hybridized carbons (Fsp3) is 0.474. The van der Waals surface area contributed by atoms with Gasteiger partial charge in [-0.2, -0.15) is 0 Å². The summed E-state index contributed by atoms with van der Waals surface area (Å²) in [6, 6.07) is 2.20. The fourth-order valence-corrected chi connectivity index (χ4v) is 2.64. The predicted octanol–water partition coefficient (Wildman–Crippen LogP) is 1.81. The maximum atomic E-state index is 12.6. The van der Waals surface area contributed by atoms with Crippen LogP contribution in [0.5, 0.6) is 0 Å².